The van der Waals surface area contributed by atoms with Gasteiger partial charge in [0, 0.05) is 22.6 Å². The van der Waals surface area contributed by atoms with Crippen LogP contribution in [-0.4, -0.2) is 4.98 Å². The Balaban J connectivity index is 1.59. The summed E-state index contributed by atoms with van der Waals surface area (Å²) in [6.45, 7) is 25.7. The van der Waals surface area contributed by atoms with Gasteiger partial charge in [-0.2, -0.15) is 0 Å². The average Bonchev–Trinajstić information content (AvgIpc) is 2.89. The van der Waals surface area contributed by atoms with Crippen LogP contribution in [0, 0.1) is 12.3 Å². The molecule has 6 rings (SSSR count). The first-order valence-corrected chi connectivity index (χ1v) is 15.5. The highest BCUT2D eigenvalue weighted by Crippen LogP contribution is 2.50. The summed E-state index contributed by atoms with van der Waals surface area (Å²) in [6.07, 6.45) is 3.17. The van der Waals surface area contributed by atoms with Crippen molar-refractivity contribution in [1.29, 1.82) is 0 Å². The molecule has 4 aromatic carbocycles. The SMILES string of the molecule is Cc1cc2cc(CC(C)(C)C)ccc2cc1-c1cc2[n+](cn1)C(C)(C)C(C)(C)c1c-2cc(C(C)(C)C)c2ccccc12. The van der Waals surface area contributed by atoms with Gasteiger partial charge in [-0.3, -0.25) is 0 Å². The summed E-state index contributed by atoms with van der Waals surface area (Å²) in [7, 11) is 0. The highest BCUT2D eigenvalue weighted by atomic mass is 15.1. The minimum absolute atomic E-state index is 0.0210. The lowest BCUT2D eigenvalue weighted by molar-refractivity contribution is -0.762. The average molecular weight is 556 g/mol. The molecule has 0 spiro atoms. The third-order valence-electron chi connectivity index (χ3n) is 9.99. The number of aryl methyl sites for hydroxylation is 1. The maximum Gasteiger partial charge on any atom is 0.287 e. The lowest BCUT2D eigenvalue weighted by Gasteiger charge is -2.46. The topological polar surface area (TPSA) is 16.8 Å². The van der Waals surface area contributed by atoms with Crippen molar-refractivity contribution >= 4 is 21.5 Å². The molecule has 0 fully saturated rings. The van der Waals surface area contributed by atoms with Gasteiger partial charge in [0.25, 0.3) is 6.33 Å². The molecule has 0 amide bonds. The summed E-state index contributed by atoms with van der Waals surface area (Å²) in [5.74, 6) is 0. The Morgan fingerprint density at radius 1 is 0.738 bits per heavy atom. The molecule has 0 aliphatic carbocycles. The zero-order chi connectivity index (χ0) is 30.4. The zero-order valence-corrected chi connectivity index (χ0v) is 27.5. The molecule has 0 bridgehead atoms. The summed E-state index contributed by atoms with van der Waals surface area (Å²) < 4.78 is 2.43. The molecule has 0 N–H and O–H groups in total. The first kappa shape index (κ1) is 28.6. The van der Waals surface area contributed by atoms with E-state index in [1.165, 1.54) is 60.6 Å². The van der Waals surface area contributed by atoms with Crippen molar-refractivity contribution < 1.29 is 4.57 Å². The maximum atomic E-state index is 5.13. The fraction of sp³-hybridized carbons (Fsp3) is 0.400. The van der Waals surface area contributed by atoms with Crippen LogP contribution in [0.2, 0.25) is 0 Å². The number of rotatable bonds is 2. The van der Waals surface area contributed by atoms with Crippen LogP contribution in [0.15, 0.2) is 73.1 Å². The predicted octanol–water partition coefficient (Wildman–Crippen LogP) is 10.2. The van der Waals surface area contributed by atoms with E-state index >= 15 is 0 Å². The summed E-state index contributed by atoms with van der Waals surface area (Å²) in [5, 5.41) is 5.31. The fourth-order valence-corrected chi connectivity index (χ4v) is 7.16. The van der Waals surface area contributed by atoms with E-state index in [4.69, 9.17) is 4.98 Å². The smallest absolute Gasteiger partial charge is 0.224 e. The predicted molar refractivity (Wildman–Crippen MR) is 179 cm³/mol. The van der Waals surface area contributed by atoms with Gasteiger partial charge >= 0.3 is 0 Å². The molecule has 2 heteroatoms. The third kappa shape index (κ3) is 4.46. The summed E-state index contributed by atoms with van der Waals surface area (Å²) in [4.78, 5) is 5.13. The molecular formula is C40H47N2+. The first-order chi connectivity index (χ1) is 19.5. The van der Waals surface area contributed by atoms with Crippen LogP contribution in [-0.2, 0) is 22.8 Å². The molecule has 0 unspecified atom stereocenters. The minimum Gasteiger partial charge on any atom is -0.224 e. The van der Waals surface area contributed by atoms with Gasteiger partial charge in [0.15, 0.2) is 5.69 Å². The Bertz CT molecular complexity index is 1870. The maximum absolute atomic E-state index is 5.13. The van der Waals surface area contributed by atoms with Crippen molar-refractivity contribution in [1.82, 2.24) is 4.98 Å². The molecule has 2 nitrogen and oxygen atoms in total. The van der Waals surface area contributed by atoms with Crippen molar-refractivity contribution in [2.45, 2.75) is 99.0 Å². The third-order valence-corrected chi connectivity index (χ3v) is 9.99. The summed E-state index contributed by atoms with van der Waals surface area (Å²) in [5.41, 5.74) is 10.3. The van der Waals surface area contributed by atoms with Crippen LogP contribution in [0.4, 0.5) is 0 Å². The number of benzene rings is 4. The minimum atomic E-state index is -0.172. The van der Waals surface area contributed by atoms with Crippen LogP contribution < -0.4 is 4.57 Å². The molecule has 0 radical (unpaired) electrons. The Kier molecular flexibility index (Phi) is 6.29. The quantitative estimate of drug-likeness (QED) is 0.198. The van der Waals surface area contributed by atoms with E-state index in [1.54, 1.807) is 0 Å². The second-order valence-corrected chi connectivity index (χ2v) is 15.9. The summed E-state index contributed by atoms with van der Waals surface area (Å²) >= 11 is 0. The summed E-state index contributed by atoms with van der Waals surface area (Å²) in [6, 6.07) is 25.5. The standard InChI is InChI=1S/C40H47N2/c1-25-18-28-19-26(23-37(2,3)4)16-17-27(28)20-31(25)34-22-35-32-21-33(38(5,6)7)29-14-12-13-15-30(29)36(32)39(8,9)40(10,11)42(35)24-41-34/h12-22,24H,23H2,1-11H3/q+1. The second kappa shape index (κ2) is 9.24. The van der Waals surface area contributed by atoms with Gasteiger partial charge < -0.3 is 0 Å². The van der Waals surface area contributed by atoms with Gasteiger partial charge in [0.05, 0.1) is 0 Å². The number of nitrogens with zero attached hydrogens (tertiary/aromatic N) is 2. The van der Waals surface area contributed by atoms with E-state index in [-0.39, 0.29) is 21.8 Å². The molecule has 2 heterocycles. The van der Waals surface area contributed by atoms with Gasteiger partial charge in [0.2, 0.25) is 0 Å². The van der Waals surface area contributed by atoms with E-state index in [2.05, 4.69) is 154 Å². The van der Waals surface area contributed by atoms with Crippen molar-refractivity contribution in [3.63, 3.8) is 0 Å². The van der Waals surface area contributed by atoms with Crippen molar-refractivity contribution in [3.8, 4) is 22.5 Å². The molecule has 42 heavy (non-hydrogen) atoms. The van der Waals surface area contributed by atoms with Gasteiger partial charge in [-0.05, 0) is 98.9 Å². The number of hydrogen-bond donors (Lipinski definition) is 0. The van der Waals surface area contributed by atoms with Crippen LogP contribution in [0.3, 0.4) is 0 Å². The monoisotopic (exact) mass is 555 g/mol. The van der Waals surface area contributed by atoms with Gasteiger partial charge in [-0.25, -0.2) is 4.57 Å². The molecule has 0 atom stereocenters. The molecule has 1 aliphatic rings. The molecule has 1 aromatic heterocycles. The molecular weight excluding hydrogens is 508 g/mol. The van der Waals surface area contributed by atoms with Crippen molar-refractivity contribution in [3.05, 3.63) is 95.3 Å². The highest BCUT2D eigenvalue weighted by molar-refractivity contribution is 5.96. The Labute approximate surface area is 252 Å². The highest BCUT2D eigenvalue weighted by Gasteiger charge is 2.51. The van der Waals surface area contributed by atoms with Gasteiger partial charge in [-0.1, -0.05) is 104 Å². The van der Waals surface area contributed by atoms with Gasteiger partial charge in [0.1, 0.15) is 11.2 Å². The lowest BCUT2D eigenvalue weighted by atomic mass is 9.63. The molecule has 1 aliphatic heterocycles. The zero-order valence-electron chi connectivity index (χ0n) is 27.5. The van der Waals surface area contributed by atoms with E-state index in [0.717, 1.165) is 12.1 Å². The molecule has 0 saturated heterocycles. The van der Waals surface area contributed by atoms with E-state index in [0.29, 0.717) is 0 Å². The first-order valence-electron chi connectivity index (χ1n) is 15.5. The fourth-order valence-electron chi connectivity index (χ4n) is 7.16. The number of aromatic nitrogens is 2. The largest absolute Gasteiger partial charge is 0.287 e. The second-order valence-electron chi connectivity index (χ2n) is 15.9. The van der Waals surface area contributed by atoms with Crippen LogP contribution in [0.1, 0.15) is 91.5 Å². The Hall–Kier alpha value is -3.52. The normalized spacial score (nSPS) is 16.0. The Morgan fingerprint density at radius 3 is 2.10 bits per heavy atom. The molecule has 216 valence electrons. The molecule has 5 aromatic rings. The van der Waals surface area contributed by atoms with E-state index in [9.17, 15) is 0 Å². The van der Waals surface area contributed by atoms with Crippen LogP contribution >= 0.6 is 0 Å². The molecule has 0 saturated carbocycles. The number of fused-ring (bicyclic) bond motifs is 6. The van der Waals surface area contributed by atoms with Crippen LogP contribution in [0.25, 0.3) is 44.1 Å². The van der Waals surface area contributed by atoms with Crippen molar-refractivity contribution in [2.75, 3.05) is 0 Å². The van der Waals surface area contributed by atoms with Crippen LogP contribution in [0.5, 0.6) is 0 Å². The lowest BCUT2D eigenvalue weighted by Crippen LogP contribution is -2.65. The van der Waals surface area contributed by atoms with Gasteiger partial charge in [-0.15, -0.1) is 0 Å². The number of hydrogen-bond acceptors (Lipinski definition) is 1. The Morgan fingerprint density at radius 2 is 1.43 bits per heavy atom. The van der Waals surface area contributed by atoms with E-state index in [1.807, 2.05) is 0 Å². The van der Waals surface area contributed by atoms with Crippen molar-refractivity contribution in [2.24, 2.45) is 5.41 Å². The van der Waals surface area contributed by atoms with E-state index < -0.39 is 0 Å².